The van der Waals surface area contributed by atoms with E-state index in [2.05, 4.69) is 28.4 Å². The van der Waals surface area contributed by atoms with Crippen molar-refractivity contribution in [3.05, 3.63) is 42.7 Å². The minimum atomic E-state index is 0. The largest absolute Gasteiger partial charge is 0.282 e. The number of fused-ring (bicyclic) bond motifs is 3. The number of nitrogens with zero attached hydrogens (tertiary/aromatic N) is 3. The molecule has 0 amide bonds. The Hall–Kier alpha value is -1.17. The van der Waals surface area contributed by atoms with Gasteiger partial charge < -0.3 is 0 Å². The van der Waals surface area contributed by atoms with E-state index in [1.807, 2.05) is 22.6 Å². The van der Waals surface area contributed by atoms with Gasteiger partial charge in [0.25, 0.3) is 0 Å². The van der Waals surface area contributed by atoms with E-state index < -0.39 is 0 Å². The molecule has 0 aliphatic rings. The Morgan fingerprint density at radius 3 is 2.79 bits per heavy atom. The molecule has 0 radical (unpaired) electrons. The number of aromatic nitrogens is 3. The molecule has 4 heteroatoms. The Kier molecular flexibility index (Phi) is 2.37. The predicted molar refractivity (Wildman–Crippen MR) is 65.9 cm³/mol. The molecule has 0 fully saturated rings. The fraction of sp³-hybridized carbons (Fsp3) is 0. The molecule has 0 saturated heterocycles. The number of halogens is 1. The van der Waals surface area contributed by atoms with Gasteiger partial charge >= 0.3 is 0 Å². The molecular formula is C10H8IN3. The lowest BCUT2D eigenvalue weighted by Gasteiger charge is -1.98. The molecule has 2 aromatic heterocycles. The van der Waals surface area contributed by atoms with Gasteiger partial charge in [-0.3, -0.25) is 4.40 Å². The van der Waals surface area contributed by atoms with Crippen molar-refractivity contribution in [3.8, 4) is 0 Å². The number of hydrogen-bond acceptors (Lipinski definition) is 2. The van der Waals surface area contributed by atoms with Crippen LogP contribution < -0.4 is 0 Å². The average Bonchev–Trinajstić information content (AvgIpc) is 2.65. The Morgan fingerprint density at radius 1 is 1.00 bits per heavy atom. The van der Waals surface area contributed by atoms with Gasteiger partial charge in [0.15, 0.2) is 5.65 Å². The number of pyridine rings is 1. The topological polar surface area (TPSA) is 30.2 Å². The van der Waals surface area contributed by atoms with Crippen molar-refractivity contribution in [2.24, 2.45) is 0 Å². The van der Waals surface area contributed by atoms with Crippen LogP contribution in [0.5, 0.6) is 0 Å². The van der Waals surface area contributed by atoms with Crippen molar-refractivity contribution in [1.82, 2.24) is 14.6 Å². The van der Waals surface area contributed by atoms with Crippen molar-refractivity contribution >= 4 is 40.5 Å². The summed E-state index contributed by atoms with van der Waals surface area (Å²) in [4.78, 5) is 0. The van der Waals surface area contributed by atoms with E-state index in [1.165, 1.54) is 5.39 Å². The molecule has 0 bridgehead atoms. The van der Waals surface area contributed by atoms with Crippen LogP contribution in [0.1, 0.15) is 0 Å². The molecule has 3 rings (SSSR count). The van der Waals surface area contributed by atoms with E-state index in [9.17, 15) is 0 Å². The van der Waals surface area contributed by atoms with Crippen LogP contribution in [0.3, 0.4) is 0 Å². The Morgan fingerprint density at radius 2 is 1.86 bits per heavy atom. The zero-order chi connectivity index (χ0) is 8.67. The zero-order valence-electron chi connectivity index (χ0n) is 7.29. The fourth-order valence-corrected chi connectivity index (χ4v) is 1.56. The highest BCUT2D eigenvalue weighted by Gasteiger charge is 1.98. The lowest BCUT2D eigenvalue weighted by Crippen LogP contribution is -1.85. The highest BCUT2D eigenvalue weighted by Crippen LogP contribution is 2.14. The van der Waals surface area contributed by atoms with Crippen molar-refractivity contribution in [2.45, 2.75) is 0 Å². The van der Waals surface area contributed by atoms with Gasteiger partial charge in [-0.2, -0.15) is 0 Å². The van der Waals surface area contributed by atoms with Crippen LogP contribution in [-0.4, -0.2) is 14.6 Å². The third-order valence-corrected chi connectivity index (χ3v) is 2.18. The third kappa shape index (κ3) is 1.26. The van der Waals surface area contributed by atoms with Gasteiger partial charge in [0.05, 0.1) is 5.52 Å². The van der Waals surface area contributed by atoms with E-state index >= 15 is 0 Å². The molecular weight excluding hydrogens is 289 g/mol. The van der Waals surface area contributed by atoms with Crippen LogP contribution in [0, 0.1) is 0 Å². The van der Waals surface area contributed by atoms with Gasteiger partial charge in [0, 0.05) is 0 Å². The summed E-state index contributed by atoms with van der Waals surface area (Å²) in [7, 11) is 0. The zero-order valence-corrected chi connectivity index (χ0v) is 9.62. The molecule has 1 aromatic carbocycles. The minimum absolute atomic E-state index is 0. The lowest BCUT2D eigenvalue weighted by atomic mass is 10.2. The Bertz CT molecular complexity index is 573. The minimum Gasteiger partial charge on any atom is -0.282 e. The standard InChI is InChI=1S/C10H7N3.HI/c1-2-4-9-8(3-1)5-6-10-12-11-7-13(9)10;/h1-7H;1H. The van der Waals surface area contributed by atoms with Crippen molar-refractivity contribution < 1.29 is 0 Å². The molecule has 14 heavy (non-hydrogen) atoms. The summed E-state index contributed by atoms with van der Waals surface area (Å²) in [6.45, 7) is 0. The van der Waals surface area contributed by atoms with Crippen LogP contribution in [0.25, 0.3) is 16.6 Å². The van der Waals surface area contributed by atoms with Gasteiger partial charge in [-0.05, 0) is 23.6 Å². The molecule has 0 N–H and O–H groups in total. The second-order valence-electron chi connectivity index (χ2n) is 2.95. The maximum absolute atomic E-state index is 3.98. The summed E-state index contributed by atoms with van der Waals surface area (Å²) in [5.74, 6) is 0. The number of hydrogen-bond donors (Lipinski definition) is 0. The lowest BCUT2D eigenvalue weighted by molar-refractivity contribution is 1.11. The molecule has 70 valence electrons. The first kappa shape index (κ1) is 9.39. The van der Waals surface area contributed by atoms with Crippen LogP contribution in [-0.2, 0) is 0 Å². The first-order valence-corrected chi connectivity index (χ1v) is 4.13. The van der Waals surface area contributed by atoms with Crippen LogP contribution in [0.2, 0.25) is 0 Å². The van der Waals surface area contributed by atoms with Gasteiger partial charge in [0.1, 0.15) is 6.33 Å². The Labute approximate surface area is 97.8 Å². The molecule has 0 spiro atoms. The van der Waals surface area contributed by atoms with Gasteiger partial charge in [0.2, 0.25) is 0 Å². The molecule has 0 aliphatic carbocycles. The summed E-state index contributed by atoms with van der Waals surface area (Å²) < 4.78 is 1.98. The second kappa shape index (κ2) is 3.53. The molecule has 0 saturated carbocycles. The molecule has 0 aliphatic heterocycles. The first-order valence-electron chi connectivity index (χ1n) is 4.13. The number of para-hydroxylation sites is 1. The summed E-state index contributed by atoms with van der Waals surface area (Å²) >= 11 is 0. The number of rotatable bonds is 0. The first-order chi connectivity index (χ1) is 6.45. The van der Waals surface area contributed by atoms with Crippen LogP contribution in [0.15, 0.2) is 42.7 Å². The van der Waals surface area contributed by atoms with E-state index in [-0.39, 0.29) is 24.0 Å². The maximum atomic E-state index is 3.98. The third-order valence-electron chi connectivity index (χ3n) is 2.18. The van der Waals surface area contributed by atoms with E-state index in [0.717, 1.165) is 11.2 Å². The summed E-state index contributed by atoms with van der Waals surface area (Å²) in [5.41, 5.74) is 2.03. The van der Waals surface area contributed by atoms with Gasteiger partial charge in [-0.25, -0.2) is 0 Å². The molecule has 2 heterocycles. The van der Waals surface area contributed by atoms with E-state index in [1.54, 1.807) is 6.33 Å². The predicted octanol–water partition coefficient (Wildman–Crippen LogP) is 2.50. The van der Waals surface area contributed by atoms with Gasteiger partial charge in [-0.1, -0.05) is 18.2 Å². The molecule has 0 unspecified atom stereocenters. The van der Waals surface area contributed by atoms with Gasteiger partial charge in [-0.15, -0.1) is 34.2 Å². The Balaban J connectivity index is 0.000000750. The highest BCUT2D eigenvalue weighted by atomic mass is 127. The molecule has 3 nitrogen and oxygen atoms in total. The molecule has 3 aromatic rings. The highest BCUT2D eigenvalue weighted by molar-refractivity contribution is 14.0. The average molecular weight is 297 g/mol. The summed E-state index contributed by atoms with van der Waals surface area (Å²) in [6.07, 6.45) is 1.73. The van der Waals surface area contributed by atoms with Crippen molar-refractivity contribution in [2.75, 3.05) is 0 Å². The maximum Gasteiger partial charge on any atom is 0.161 e. The monoisotopic (exact) mass is 297 g/mol. The van der Waals surface area contributed by atoms with Crippen molar-refractivity contribution in [1.29, 1.82) is 0 Å². The SMILES string of the molecule is I.c1ccc2c(c1)ccc1nncn12. The van der Waals surface area contributed by atoms with E-state index in [4.69, 9.17) is 0 Å². The summed E-state index contributed by atoms with van der Waals surface area (Å²) in [6, 6.07) is 12.2. The van der Waals surface area contributed by atoms with Crippen molar-refractivity contribution in [3.63, 3.8) is 0 Å². The van der Waals surface area contributed by atoms with Crippen LogP contribution >= 0.6 is 24.0 Å². The normalized spacial score (nSPS) is 10.3. The number of benzene rings is 1. The second-order valence-corrected chi connectivity index (χ2v) is 2.95. The quantitative estimate of drug-likeness (QED) is 0.597. The molecule has 0 atom stereocenters. The van der Waals surface area contributed by atoms with Crippen LogP contribution in [0.4, 0.5) is 0 Å². The smallest absolute Gasteiger partial charge is 0.161 e. The fourth-order valence-electron chi connectivity index (χ4n) is 1.56. The summed E-state index contributed by atoms with van der Waals surface area (Å²) in [5, 5.41) is 9.05. The van der Waals surface area contributed by atoms with E-state index in [0.29, 0.717) is 0 Å².